The molecule has 0 unspecified atom stereocenters. The number of rotatable bonds is 7. The minimum absolute atomic E-state index is 0.0600. The van der Waals surface area contributed by atoms with E-state index in [9.17, 15) is 13.2 Å². The van der Waals surface area contributed by atoms with Crippen LogP contribution in [0.15, 0.2) is 44.4 Å². The molecule has 6 nitrogen and oxygen atoms in total. The van der Waals surface area contributed by atoms with Gasteiger partial charge in [-0.15, -0.1) is 11.3 Å². The van der Waals surface area contributed by atoms with Gasteiger partial charge in [0, 0.05) is 32.6 Å². The fourth-order valence-corrected chi connectivity index (χ4v) is 6.66. The van der Waals surface area contributed by atoms with E-state index in [4.69, 9.17) is 4.74 Å². The van der Waals surface area contributed by atoms with Crippen LogP contribution < -0.4 is 4.74 Å². The van der Waals surface area contributed by atoms with Crippen LogP contribution in [0.2, 0.25) is 0 Å². The molecule has 2 heterocycles. The highest BCUT2D eigenvalue weighted by atomic mass is 79.9. The third-order valence-electron chi connectivity index (χ3n) is 4.60. The summed E-state index contributed by atoms with van der Waals surface area (Å²) in [5.74, 6) is 0.887. The number of carbonyl (C=O) groups is 1. The lowest BCUT2D eigenvalue weighted by Gasteiger charge is -2.33. The van der Waals surface area contributed by atoms with Gasteiger partial charge in [-0.05, 0) is 59.1 Å². The number of nitrogens with zero attached hydrogens (tertiary/aromatic N) is 2. The first-order valence-corrected chi connectivity index (χ1v) is 12.2. The van der Waals surface area contributed by atoms with Crippen molar-refractivity contribution in [2.24, 2.45) is 0 Å². The van der Waals surface area contributed by atoms with Crippen molar-refractivity contribution >= 4 is 43.2 Å². The topological polar surface area (TPSA) is 66.9 Å². The molecule has 3 rings (SSSR count). The Morgan fingerprint density at radius 1 is 1.11 bits per heavy atom. The number of sulfonamides is 1. The second-order valence-corrected chi connectivity index (χ2v) is 11.0. The van der Waals surface area contributed by atoms with Crippen molar-refractivity contribution in [1.82, 2.24) is 9.21 Å². The number of halogens is 1. The van der Waals surface area contributed by atoms with Crippen molar-refractivity contribution < 1.29 is 17.9 Å². The molecule has 2 aromatic rings. The van der Waals surface area contributed by atoms with Gasteiger partial charge >= 0.3 is 0 Å². The van der Waals surface area contributed by atoms with Gasteiger partial charge in [0.05, 0.1) is 10.4 Å². The molecule has 152 valence electrons. The monoisotopic (exact) mass is 486 g/mol. The van der Waals surface area contributed by atoms with E-state index in [0.717, 1.165) is 15.1 Å². The van der Waals surface area contributed by atoms with Gasteiger partial charge in [-0.3, -0.25) is 4.79 Å². The summed E-state index contributed by atoms with van der Waals surface area (Å²) in [5.41, 5.74) is 1.08. The van der Waals surface area contributed by atoms with E-state index >= 15 is 0 Å². The average molecular weight is 487 g/mol. The Balaban J connectivity index is 1.49. The average Bonchev–Trinajstić information content (AvgIpc) is 3.15. The molecule has 0 bridgehead atoms. The zero-order chi connectivity index (χ0) is 20.1. The zero-order valence-electron chi connectivity index (χ0n) is 15.6. The van der Waals surface area contributed by atoms with Crippen molar-refractivity contribution in [3.05, 3.63) is 45.7 Å². The number of aryl methyl sites for hydroxylation is 1. The second kappa shape index (κ2) is 9.39. The fraction of sp³-hybridized carbons (Fsp3) is 0.421. The maximum Gasteiger partial charge on any atom is 0.252 e. The fourth-order valence-electron chi connectivity index (χ4n) is 3.07. The van der Waals surface area contributed by atoms with Crippen LogP contribution in [0.1, 0.15) is 18.9 Å². The summed E-state index contributed by atoms with van der Waals surface area (Å²) < 4.78 is 33.3. The van der Waals surface area contributed by atoms with E-state index in [1.54, 1.807) is 17.0 Å². The number of ether oxygens (including phenoxy) is 1. The van der Waals surface area contributed by atoms with Gasteiger partial charge in [0.15, 0.2) is 0 Å². The number of hydrogen-bond donors (Lipinski definition) is 0. The van der Waals surface area contributed by atoms with Crippen molar-refractivity contribution in [3.63, 3.8) is 0 Å². The number of thiophene rings is 1. The van der Waals surface area contributed by atoms with Gasteiger partial charge in [0.2, 0.25) is 5.91 Å². The maximum absolute atomic E-state index is 12.7. The molecule has 9 heteroatoms. The molecule has 0 atom stereocenters. The van der Waals surface area contributed by atoms with Gasteiger partial charge < -0.3 is 9.64 Å². The number of benzene rings is 1. The lowest BCUT2D eigenvalue weighted by atomic mass is 10.1. The molecule has 0 spiro atoms. The van der Waals surface area contributed by atoms with Crippen LogP contribution in [0.3, 0.4) is 0 Å². The van der Waals surface area contributed by atoms with E-state index in [1.165, 1.54) is 15.6 Å². The number of hydrogen-bond acceptors (Lipinski definition) is 5. The standard InChI is InChI=1S/C19H23BrN2O4S2/c1-2-26-16-6-3-15(4-7-16)5-9-18(23)21-11-13-22(14-12-21)28(24,25)19-10-8-17(20)27-19/h3-4,6-8,10H,2,5,9,11-14H2,1H3. The molecular weight excluding hydrogens is 464 g/mol. The first kappa shape index (κ1) is 21.3. The molecule has 1 saturated heterocycles. The minimum Gasteiger partial charge on any atom is -0.494 e. The van der Waals surface area contributed by atoms with Gasteiger partial charge in [-0.25, -0.2) is 8.42 Å². The first-order valence-electron chi connectivity index (χ1n) is 9.15. The van der Waals surface area contributed by atoms with E-state index in [1.807, 2.05) is 31.2 Å². The highest BCUT2D eigenvalue weighted by Gasteiger charge is 2.30. The van der Waals surface area contributed by atoms with Gasteiger partial charge in [-0.1, -0.05) is 12.1 Å². The number of amides is 1. The predicted molar refractivity (Wildman–Crippen MR) is 113 cm³/mol. The van der Waals surface area contributed by atoms with Crippen LogP contribution in [0, 0.1) is 0 Å². The van der Waals surface area contributed by atoms with E-state index in [0.29, 0.717) is 49.8 Å². The van der Waals surface area contributed by atoms with Crippen LogP contribution >= 0.6 is 27.3 Å². The molecule has 1 aromatic heterocycles. The van der Waals surface area contributed by atoms with Gasteiger partial charge in [0.25, 0.3) is 10.0 Å². The summed E-state index contributed by atoms with van der Waals surface area (Å²) in [6.45, 7) is 4.07. The first-order chi connectivity index (χ1) is 13.4. The summed E-state index contributed by atoms with van der Waals surface area (Å²) in [6.07, 6.45) is 1.07. The van der Waals surface area contributed by atoms with E-state index in [2.05, 4.69) is 15.9 Å². The number of piperazine rings is 1. The quantitative estimate of drug-likeness (QED) is 0.601. The lowest BCUT2D eigenvalue weighted by Crippen LogP contribution is -2.50. The third-order valence-corrected chi connectivity index (χ3v) is 8.59. The minimum atomic E-state index is -3.48. The molecule has 28 heavy (non-hydrogen) atoms. The highest BCUT2D eigenvalue weighted by Crippen LogP contribution is 2.29. The second-order valence-electron chi connectivity index (χ2n) is 6.42. The van der Waals surface area contributed by atoms with Crippen LogP contribution in [0.4, 0.5) is 0 Å². The molecule has 1 amide bonds. The molecule has 0 saturated carbocycles. The maximum atomic E-state index is 12.7. The summed E-state index contributed by atoms with van der Waals surface area (Å²) in [6, 6.07) is 11.1. The Labute approximate surface area is 178 Å². The molecule has 0 aliphatic carbocycles. The normalized spacial score (nSPS) is 15.6. The summed E-state index contributed by atoms with van der Waals surface area (Å²) in [5, 5.41) is 0. The molecule has 1 aliphatic heterocycles. The highest BCUT2D eigenvalue weighted by molar-refractivity contribution is 9.11. The SMILES string of the molecule is CCOc1ccc(CCC(=O)N2CCN(S(=O)(=O)c3ccc(Br)s3)CC2)cc1. The molecule has 0 radical (unpaired) electrons. The van der Waals surface area contributed by atoms with Gasteiger partial charge in [0.1, 0.15) is 9.96 Å². The Kier molecular flexibility index (Phi) is 7.14. The van der Waals surface area contributed by atoms with Crippen molar-refractivity contribution in [1.29, 1.82) is 0 Å². The Hall–Kier alpha value is -1.42. The molecule has 1 fully saturated rings. The molecule has 1 aliphatic rings. The Morgan fingerprint density at radius 3 is 2.36 bits per heavy atom. The van der Waals surface area contributed by atoms with E-state index in [-0.39, 0.29) is 5.91 Å². The smallest absolute Gasteiger partial charge is 0.252 e. The molecule has 0 N–H and O–H groups in total. The van der Waals surface area contributed by atoms with Crippen LogP contribution in [0.25, 0.3) is 0 Å². The Bertz CT molecular complexity index is 904. The Morgan fingerprint density at radius 2 is 1.79 bits per heavy atom. The van der Waals surface area contributed by atoms with Crippen molar-refractivity contribution in [3.8, 4) is 5.75 Å². The summed E-state index contributed by atoms with van der Waals surface area (Å²) in [4.78, 5) is 14.3. The summed E-state index contributed by atoms with van der Waals surface area (Å²) in [7, 11) is -3.48. The van der Waals surface area contributed by atoms with Gasteiger partial charge in [-0.2, -0.15) is 4.31 Å². The lowest BCUT2D eigenvalue weighted by molar-refractivity contribution is -0.132. The third kappa shape index (κ3) is 5.14. The number of carbonyl (C=O) groups excluding carboxylic acids is 1. The summed E-state index contributed by atoms with van der Waals surface area (Å²) >= 11 is 4.50. The predicted octanol–water partition coefficient (Wildman–Crippen LogP) is 3.38. The molecule has 1 aromatic carbocycles. The zero-order valence-corrected chi connectivity index (χ0v) is 18.9. The van der Waals surface area contributed by atoms with Crippen molar-refractivity contribution in [2.45, 2.75) is 24.0 Å². The van der Waals surface area contributed by atoms with Crippen LogP contribution in [0.5, 0.6) is 5.75 Å². The largest absolute Gasteiger partial charge is 0.494 e. The van der Waals surface area contributed by atoms with Crippen LogP contribution in [-0.2, 0) is 21.2 Å². The van der Waals surface area contributed by atoms with E-state index < -0.39 is 10.0 Å². The van der Waals surface area contributed by atoms with Crippen molar-refractivity contribution in [2.75, 3.05) is 32.8 Å². The van der Waals surface area contributed by atoms with Crippen LogP contribution in [-0.4, -0.2) is 56.3 Å². The molecular formula is C19H23BrN2O4S2.